The molecule has 0 N–H and O–H groups in total. The topological polar surface area (TPSA) is 36.4 Å². The van der Waals surface area contributed by atoms with Crippen LogP contribution in [0.2, 0.25) is 5.02 Å². The van der Waals surface area contributed by atoms with Crippen LogP contribution in [0.4, 0.5) is 0 Å². The summed E-state index contributed by atoms with van der Waals surface area (Å²) in [6, 6.07) is 7.23. The molecule has 22 heavy (non-hydrogen) atoms. The fourth-order valence-corrected chi connectivity index (χ4v) is 3.44. The number of benzene rings is 1. The van der Waals surface area contributed by atoms with Crippen molar-refractivity contribution in [3.05, 3.63) is 50.9 Å². The van der Waals surface area contributed by atoms with Crippen molar-refractivity contribution in [2.75, 3.05) is 26.2 Å². The Bertz CT molecular complexity index is 665. The minimum atomic E-state index is 0.0229. The van der Waals surface area contributed by atoms with Gasteiger partial charge in [-0.05, 0) is 19.1 Å². The standard InChI is InChI=1S/C16H18ClN3OS/c1-12-18-13(11-22-12)10-19-6-8-20(9-7-19)16(21)14-4-2-3-5-15(14)17/h2-5,11H,6-10H2,1H3. The summed E-state index contributed by atoms with van der Waals surface area (Å²) in [6.07, 6.45) is 0. The Balaban J connectivity index is 1.57. The summed E-state index contributed by atoms with van der Waals surface area (Å²) in [6.45, 7) is 6.08. The molecule has 1 aliphatic heterocycles. The number of rotatable bonds is 3. The Labute approximate surface area is 139 Å². The number of hydrogen-bond acceptors (Lipinski definition) is 4. The molecule has 1 saturated heterocycles. The van der Waals surface area contributed by atoms with Gasteiger partial charge < -0.3 is 4.90 Å². The van der Waals surface area contributed by atoms with E-state index in [1.807, 2.05) is 24.0 Å². The third-order valence-corrected chi connectivity index (χ3v) is 4.97. The average molecular weight is 336 g/mol. The van der Waals surface area contributed by atoms with Crippen molar-refractivity contribution in [2.45, 2.75) is 13.5 Å². The van der Waals surface area contributed by atoms with Crippen LogP contribution in [0.1, 0.15) is 21.1 Å². The van der Waals surface area contributed by atoms with Gasteiger partial charge in [-0.1, -0.05) is 23.7 Å². The molecule has 1 aliphatic rings. The SMILES string of the molecule is Cc1nc(CN2CCN(C(=O)c3ccccc3Cl)CC2)cs1. The molecule has 0 saturated carbocycles. The Morgan fingerprint density at radius 1 is 1.27 bits per heavy atom. The molecule has 4 nitrogen and oxygen atoms in total. The van der Waals surface area contributed by atoms with Gasteiger partial charge in [0, 0.05) is 38.1 Å². The monoisotopic (exact) mass is 335 g/mol. The van der Waals surface area contributed by atoms with Crippen molar-refractivity contribution < 1.29 is 4.79 Å². The minimum absolute atomic E-state index is 0.0229. The van der Waals surface area contributed by atoms with Crippen LogP contribution >= 0.6 is 22.9 Å². The highest BCUT2D eigenvalue weighted by Crippen LogP contribution is 2.18. The average Bonchev–Trinajstić information content (AvgIpc) is 2.93. The highest BCUT2D eigenvalue weighted by atomic mass is 35.5. The lowest BCUT2D eigenvalue weighted by molar-refractivity contribution is 0.0627. The van der Waals surface area contributed by atoms with Gasteiger partial charge >= 0.3 is 0 Å². The van der Waals surface area contributed by atoms with Crippen LogP contribution in [-0.4, -0.2) is 46.9 Å². The van der Waals surface area contributed by atoms with E-state index >= 15 is 0 Å². The molecule has 0 aliphatic carbocycles. The molecular formula is C16H18ClN3OS. The zero-order chi connectivity index (χ0) is 15.5. The summed E-state index contributed by atoms with van der Waals surface area (Å²) < 4.78 is 0. The van der Waals surface area contributed by atoms with Crippen LogP contribution in [0.25, 0.3) is 0 Å². The Morgan fingerprint density at radius 3 is 2.64 bits per heavy atom. The Hall–Kier alpha value is -1.43. The maximum atomic E-state index is 12.5. The first-order valence-electron chi connectivity index (χ1n) is 7.30. The fraction of sp³-hybridized carbons (Fsp3) is 0.375. The highest BCUT2D eigenvalue weighted by Gasteiger charge is 2.23. The highest BCUT2D eigenvalue weighted by molar-refractivity contribution is 7.09. The van der Waals surface area contributed by atoms with E-state index in [-0.39, 0.29) is 5.91 Å². The molecule has 6 heteroatoms. The van der Waals surface area contributed by atoms with Gasteiger partial charge in [0.25, 0.3) is 5.91 Å². The van der Waals surface area contributed by atoms with E-state index in [4.69, 9.17) is 11.6 Å². The summed E-state index contributed by atoms with van der Waals surface area (Å²) in [5.41, 5.74) is 1.71. The van der Waals surface area contributed by atoms with E-state index in [0.29, 0.717) is 10.6 Å². The lowest BCUT2D eigenvalue weighted by Gasteiger charge is -2.34. The van der Waals surface area contributed by atoms with Gasteiger partial charge in [0.05, 0.1) is 21.3 Å². The van der Waals surface area contributed by atoms with Gasteiger partial charge in [0.15, 0.2) is 0 Å². The van der Waals surface area contributed by atoms with Crippen molar-refractivity contribution in [2.24, 2.45) is 0 Å². The van der Waals surface area contributed by atoms with E-state index in [0.717, 1.165) is 43.4 Å². The normalized spacial score (nSPS) is 16.0. The van der Waals surface area contributed by atoms with Gasteiger partial charge in [-0.15, -0.1) is 11.3 Å². The minimum Gasteiger partial charge on any atom is -0.336 e. The molecule has 1 aromatic heterocycles. The number of halogens is 1. The number of amides is 1. The van der Waals surface area contributed by atoms with Crippen LogP contribution in [0.3, 0.4) is 0 Å². The number of carbonyl (C=O) groups excluding carboxylic acids is 1. The number of carbonyl (C=O) groups is 1. The summed E-state index contributed by atoms with van der Waals surface area (Å²) in [4.78, 5) is 21.2. The second-order valence-electron chi connectivity index (χ2n) is 5.41. The van der Waals surface area contributed by atoms with Crippen molar-refractivity contribution >= 4 is 28.8 Å². The molecule has 1 aromatic carbocycles. The predicted molar refractivity (Wildman–Crippen MR) is 89.5 cm³/mol. The number of nitrogens with zero attached hydrogens (tertiary/aromatic N) is 3. The number of aromatic nitrogens is 1. The van der Waals surface area contributed by atoms with Crippen molar-refractivity contribution in [3.8, 4) is 0 Å². The quantitative estimate of drug-likeness (QED) is 0.865. The molecule has 1 fully saturated rings. The second-order valence-corrected chi connectivity index (χ2v) is 6.88. The van der Waals surface area contributed by atoms with Gasteiger partial charge in [-0.25, -0.2) is 4.98 Å². The van der Waals surface area contributed by atoms with Gasteiger partial charge in [-0.3, -0.25) is 9.69 Å². The third-order valence-electron chi connectivity index (χ3n) is 3.82. The first-order valence-corrected chi connectivity index (χ1v) is 8.56. The maximum absolute atomic E-state index is 12.5. The maximum Gasteiger partial charge on any atom is 0.255 e. The molecule has 0 radical (unpaired) electrons. The first kappa shape index (κ1) is 15.5. The first-order chi connectivity index (χ1) is 10.6. The lowest BCUT2D eigenvalue weighted by atomic mass is 10.2. The van der Waals surface area contributed by atoms with Gasteiger partial charge in [0.2, 0.25) is 0 Å². The van der Waals surface area contributed by atoms with Crippen LogP contribution in [-0.2, 0) is 6.54 Å². The molecule has 1 amide bonds. The second kappa shape index (κ2) is 6.77. The smallest absolute Gasteiger partial charge is 0.255 e. The fourth-order valence-electron chi connectivity index (χ4n) is 2.62. The van der Waals surface area contributed by atoms with E-state index < -0.39 is 0 Å². The third kappa shape index (κ3) is 3.48. The largest absolute Gasteiger partial charge is 0.336 e. The zero-order valence-electron chi connectivity index (χ0n) is 12.5. The number of hydrogen-bond donors (Lipinski definition) is 0. The summed E-state index contributed by atoms with van der Waals surface area (Å²) >= 11 is 7.79. The van der Waals surface area contributed by atoms with E-state index in [9.17, 15) is 4.79 Å². The van der Waals surface area contributed by atoms with Crippen LogP contribution < -0.4 is 0 Å². The zero-order valence-corrected chi connectivity index (χ0v) is 14.0. The van der Waals surface area contributed by atoms with Crippen molar-refractivity contribution in [1.29, 1.82) is 0 Å². The van der Waals surface area contributed by atoms with E-state index in [1.165, 1.54) is 0 Å². The van der Waals surface area contributed by atoms with Crippen LogP contribution in [0.5, 0.6) is 0 Å². The molecule has 2 aromatic rings. The van der Waals surface area contributed by atoms with Crippen molar-refractivity contribution in [1.82, 2.24) is 14.8 Å². The predicted octanol–water partition coefficient (Wildman–Crippen LogP) is 3.06. The number of aryl methyl sites for hydroxylation is 1. The molecule has 0 atom stereocenters. The van der Waals surface area contributed by atoms with Crippen LogP contribution in [0.15, 0.2) is 29.6 Å². The Morgan fingerprint density at radius 2 is 2.00 bits per heavy atom. The number of piperazine rings is 1. The summed E-state index contributed by atoms with van der Waals surface area (Å²) in [7, 11) is 0. The van der Waals surface area contributed by atoms with Crippen LogP contribution in [0, 0.1) is 6.92 Å². The molecule has 0 spiro atoms. The van der Waals surface area contributed by atoms with E-state index in [1.54, 1.807) is 23.5 Å². The van der Waals surface area contributed by atoms with Crippen molar-refractivity contribution in [3.63, 3.8) is 0 Å². The van der Waals surface area contributed by atoms with E-state index in [2.05, 4.69) is 15.3 Å². The molecule has 0 bridgehead atoms. The molecule has 2 heterocycles. The van der Waals surface area contributed by atoms with Gasteiger partial charge in [-0.2, -0.15) is 0 Å². The molecule has 0 unspecified atom stereocenters. The molecular weight excluding hydrogens is 318 g/mol. The summed E-state index contributed by atoms with van der Waals surface area (Å²) in [5, 5.41) is 3.73. The number of thiazole rings is 1. The lowest BCUT2D eigenvalue weighted by Crippen LogP contribution is -2.48. The molecule has 116 valence electrons. The summed E-state index contributed by atoms with van der Waals surface area (Å²) in [5.74, 6) is 0.0229. The Kier molecular flexibility index (Phi) is 4.76. The van der Waals surface area contributed by atoms with Gasteiger partial charge in [0.1, 0.15) is 0 Å². The molecule has 3 rings (SSSR count).